The van der Waals surface area contributed by atoms with Crippen LogP contribution in [-0.2, 0) is 0 Å². The highest BCUT2D eigenvalue weighted by molar-refractivity contribution is 5.74. The molecule has 2 rings (SSSR count). The van der Waals surface area contributed by atoms with E-state index in [1.54, 1.807) is 6.20 Å². The molecular weight excluding hydrogens is 224 g/mol. The van der Waals surface area contributed by atoms with Crippen molar-refractivity contribution in [2.45, 2.75) is 27.2 Å². The van der Waals surface area contributed by atoms with Gasteiger partial charge in [0.05, 0.1) is 0 Å². The van der Waals surface area contributed by atoms with Gasteiger partial charge in [0.15, 0.2) is 6.29 Å². The first-order chi connectivity index (χ1) is 8.50. The molecule has 1 aliphatic heterocycles. The fourth-order valence-corrected chi connectivity index (χ4v) is 2.21. The fraction of sp³-hybridized carbons (Fsp3) is 0.467. The zero-order chi connectivity index (χ0) is 13.2. The van der Waals surface area contributed by atoms with Gasteiger partial charge in [-0.1, -0.05) is 32.4 Å². The average Bonchev–Trinajstić information content (AvgIpc) is 2.38. The van der Waals surface area contributed by atoms with E-state index in [4.69, 9.17) is 0 Å². The van der Waals surface area contributed by atoms with Gasteiger partial charge in [-0.3, -0.25) is 4.79 Å². The molecule has 96 valence electrons. The zero-order valence-electron chi connectivity index (χ0n) is 11.3. The van der Waals surface area contributed by atoms with Crippen LogP contribution in [0.25, 0.3) is 0 Å². The average molecular weight is 244 g/mol. The molecule has 3 heteroatoms. The second kappa shape index (κ2) is 4.92. The topological polar surface area (TPSA) is 33.2 Å². The van der Waals surface area contributed by atoms with Crippen LogP contribution >= 0.6 is 0 Å². The maximum Gasteiger partial charge on any atom is 0.151 e. The molecule has 1 aromatic rings. The highest BCUT2D eigenvalue weighted by Gasteiger charge is 2.21. The van der Waals surface area contributed by atoms with E-state index >= 15 is 0 Å². The normalized spacial score (nSPS) is 16.4. The van der Waals surface area contributed by atoms with E-state index in [9.17, 15) is 4.79 Å². The Hall–Kier alpha value is -1.64. The smallest absolute Gasteiger partial charge is 0.151 e. The van der Waals surface area contributed by atoms with Crippen molar-refractivity contribution in [3.8, 4) is 0 Å². The molecule has 2 heterocycles. The summed E-state index contributed by atoms with van der Waals surface area (Å²) in [5.74, 6) is 0.949. The Morgan fingerprint density at radius 2 is 2.11 bits per heavy atom. The molecular formula is C15H20N2O. The van der Waals surface area contributed by atoms with Gasteiger partial charge in [0.2, 0.25) is 0 Å². The highest BCUT2D eigenvalue weighted by atomic mass is 16.1. The third-order valence-corrected chi connectivity index (χ3v) is 3.40. The van der Waals surface area contributed by atoms with Crippen molar-refractivity contribution in [1.82, 2.24) is 4.98 Å². The Labute approximate surface area is 109 Å². The molecule has 0 fully saturated rings. The molecule has 0 bridgehead atoms. The second-order valence-corrected chi connectivity index (χ2v) is 5.74. The Bertz CT molecular complexity index is 454. The molecule has 0 atom stereocenters. The predicted molar refractivity (Wildman–Crippen MR) is 74.0 cm³/mol. The van der Waals surface area contributed by atoms with Crippen molar-refractivity contribution in [3.63, 3.8) is 0 Å². The van der Waals surface area contributed by atoms with Gasteiger partial charge in [0, 0.05) is 24.8 Å². The minimum atomic E-state index is 0.265. The van der Waals surface area contributed by atoms with Crippen LogP contribution in [0, 0.1) is 5.41 Å². The first kappa shape index (κ1) is 12.8. The van der Waals surface area contributed by atoms with Gasteiger partial charge in [-0.05, 0) is 24.0 Å². The maximum absolute atomic E-state index is 10.6. The van der Waals surface area contributed by atoms with E-state index in [2.05, 4.69) is 36.7 Å². The molecule has 3 nitrogen and oxygen atoms in total. The highest BCUT2D eigenvalue weighted by Crippen LogP contribution is 2.30. The summed E-state index contributed by atoms with van der Waals surface area (Å²) in [6.07, 6.45) is 5.84. The molecule has 0 radical (unpaired) electrons. The van der Waals surface area contributed by atoms with E-state index in [1.807, 2.05) is 12.1 Å². The summed E-state index contributed by atoms with van der Waals surface area (Å²) in [5.41, 5.74) is 2.41. The molecule has 0 aromatic carbocycles. The summed E-state index contributed by atoms with van der Waals surface area (Å²) in [5, 5.41) is 0. The second-order valence-electron chi connectivity index (χ2n) is 5.74. The summed E-state index contributed by atoms with van der Waals surface area (Å²) < 4.78 is 0. The number of aromatic nitrogens is 1. The molecule has 18 heavy (non-hydrogen) atoms. The monoisotopic (exact) mass is 244 g/mol. The van der Waals surface area contributed by atoms with Crippen LogP contribution in [0.2, 0.25) is 0 Å². The third-order valence-electron chi connectivity index (χ3n) is 3.40. The largest absolute Gasteiger partial charge is 0.353 e. The van der Waals surface area contributed by atoms with Crippen molar-refractivity contribution in [1.29, 1.82) is 0 Å². The molecule has 0 amide bonds. The number of rotatable bonds is 2. The summed E-state index contributed by atoms with van der Waals surface area (Å²) in [6, 6.07) is 3.73. The molecule has 0 N–H and O–H groups in total. The van der Waals surface area contributed by atoms with Crippen LogP contribution in [-0.4, -0.2) is 24.4 Å². The quantitative estimate of drug-likeness (QED) is 0.592. The van der Waals surface area contributed by atoms with Gasteiger partial charge in [-0.15, -0.1) is 0 Å². The third kappa shape index (κ3) is 2.78. The lowest BCUT2D eigenvalue weighted by Gasteiger charge is -2.32. The van der Waals surface area contributed by atoms with Crippen LogP contribution < -0.4 is 4.90 Å². The van der Waals surface area contributed by atoms with Crippen LogP contribution in [0.3, 0.4) is 0 Å². The minimum Gasteiger partial charge on any atom is -0.353 e. The zero-order valence-corrected chi connectivity index (χ0v) is 11.3. The molecule has 1 aromatic heterocycles. The van der Waals surface area contributed by atoms with Crippen LogP contribution in [0.4, 0.5) is 5.82 Å². The maximum atomic E-state index is 10.6. The number of anilines is 1. The van der Waals surface area contributed by atoms with Crippen LogP contribution in [0.1, 0.15) is 37.6 Å². The number of hydrogen-bond acceptors (Lipinski definition) is 3. The van der Waals surface area contributed by atoms with Crippen molar-refractivity contribution < 1.29 is 4.79 Å². The van der Waals surface area contributed by atoms with Gasteiger partial charge in [-0.25, -0.2) is 4.98 Å². The van der Waals surface area contributed by atoms with Crippen molar-refractivity contribution in [2.75, 3.05) is 18.0 Å². The van der Waals surface area contributed by atoms with E-state index in [0.717, 1.165) is 31.6 Å². The minimum absolute atomic E-state index is 0.265. The van der Waals surface area contributed by atoms with E-state index in [-0.39, 0.29) is 5.41 Å². The lowest BCUT2D eigenvalue weighted by atomic mass is 9.83. The number of hydrogen-bond donors (Lipinski definition) is 0. The van der Waals surface area contributed by atoms with Crippen LogP contribution in [0.15, 0.2) is 30.0 Å². The Morgan fingerprint density at radius 3 is 2.56 bits per heavy atom. The molecule has 1 aliphatic rings. The van der Waals surface area contributed by atoms with Gasteiger partial charge in [0.1, 0.15) is 5.82 Å². The standard InChI is InChI=1S/C15H20N2O/c1-15(2,3)13-6-8-17(9-7-13)14-5-4-12(11-18)10-16-14/h4-6,10-11H,7-9H2,1-3H3. The first-order valence-corrected chi connectivity index (χ1v) is 6.36. The predicted octanol–water partition coefficient (Wildman–Crippen LogP) is 3.08. The van der Waals surface area contributed by atoms with E-state index in [1.165, 1.54) is 5.57 Å². The summed E-state index contributed by atoms with van der Waals surface area (Å²) >= 11 is 0. The number of carbonyl (C=O) groups excluding carboxylic acids is 1. The number of pyridine rings is 1. The molecule has 0 aliphatic carbocycles. The first-order valence-electron chi connectivity index (χ1n) is 6.36. The number of aldehydes is 1. The summed E-state index contributed by atoms with van der Waals surface area (Å²) in [7, 11) is 0. The molecule has 0 saturated carbocycles. The van der Waals surface area contributed by atoms with Crippen molar-refractivity contribution in [2.24, 2.45) is 5.41 Å². The van der Waals surface area contributed by atoms with Crippen molar-refractivity contribution in [3.05, 3.63) is 35.5 Å². The SMILES string of the molecule is CC(C)(C)C1=CCN(c2ccc(C=O)cn2)CC1. The van der Waals surface area contributed by atoms with Crippen LogP contribution in [0.5, 0.6) is 0 Å². The summed E-state index contributed by atoms with van der Waals surface area (Å²) in [4.78, 5) is 17.2. The van der Waals surface area contributed by atoms with E-state index < -0.39 is 0 Å². The van der Waals surface area contributed by atoms with Gasteiger partial charge >= 0.3 is 0 Å². The summed E-state index contributed by atoms with van der Waals surface area (Å²) in [6.45, 7) is 8.67. The fourth-order valence-electron chi connectivity index (χ4n) is 2.21. The molecule has 0 spiro atoms. The Balaban J connectivity index is 2.09. The Kier molecular flexibility index (Phi) is 3.50. The van der Waals surface area contributed by atoms with Crippen molar-refractivity contribution >= 4 is 12.1 Å². The Morgan fingerprint density at radius 1 is 1.33 bits per heavy atom. The number of carbonyl (C=O) groups is 1. The van der Waals surface area contributed by atoms with Gasteiger partial charge < -0.3 is 4.90 Å². The van der Waals surface area contributed by atoms with E-state index in [0.29, 0.717) is 5.56 Å². The molecule has 0 unspecified atom stereocenters. The van der Waals surface area contributed by atoms with Gasteiger partial charge in [0.25, 0.3) is 0 Å². The lowest BCUT2D eigenvalue weighted by Crippen LogP contribution is -2.31. The lowest BCUT2D eigenvalue weighted by molar-refractivity contribution is 0.112. The van der Waals surface area contributed by atoms with Gasteiger partial charge in [-0.2, -0.15) is 0 Å². The molecule has 0 saturated heterocycles. The number of nitrogens with zero attached hydrogens (tertiary/aromatic N) is 2.